The topological polar surface area (TPSA) is 69.2 Å². The summed E-state index contributed by atoms with van der Waals surface area (Å²) in [4.78, 5) is 21.9. The predicted molar refractivity (Wildman–Crippen MR) is 146 cm³/mol. The molecule has 0 bridgehead atoms. The van der Waals surface area contributed by atoms with E-state index < -0.39 is 0 Å². The maximum atomic E-state index is 12.6. The average Bonchev–Trinajstić information content (AvgIpc) is 3.35. The summed E-state index contributed by atoms with van der Waals surface area (Å²) in [5.41, 5.74) is 2.41. The normalized spacial score (nSPS) is 17.5. The molecule has 2 fully saturated rings. The van der Waals surface area contributed by atoms with E-state index in [1.54, 1.807) is 7.11 Å². The first-order chi connectivity index (χ1) is 15.6. The third kappa shape index (κ3) is 8.63. The summed E-state index contributed by atoms with van der Waals surface area (Å²) in [6.45, 7) is 11.1. The number of carbonyl (C=O) groups is 1. The van der Waals surface area contributed by atoms with Crippen molar-refractivity contribution in [1.29, 1.82) is 0 Å². The zero-order chi connectivity index (χ0) is 22.8. The predicted octanol–water partition coefficient (Wildman–Crippen LogP) is 3.05. The Morgan fingerprint density at radius 2 is 1.88 bits per heavy atom. The molecule has 1 amide bonds. The number of hydrogen-bond acceptors (Lipinski definition) is 4. The van der Waals surface area contributed by atoms with Crippen LogP contribution in [-0.4, -0.2) is 81.1 Å². The monoisotopic (exact) mass is 571 g/mol. The summed E-state index contributed by atoms with van der Waals surface area (Å²) < 4.78 is 5.42. The van der Waals surface area contributed by atoms with E-state index >= 15 is 0 Å². The number of nitrogens with zero attached hydrogens (tertiary/aromatic N) is 3. The minimum absolute atomic E-state index is 0. The maximum absolute atomic E-state index is 12.6. The summed E-state index contributed by atoms with van der Waals surface area (Å²) >= 11 is 0. The Hall–Kier alpha value is -1.55. The number of halogens is 1. The second-order valence-electron chi connectivity index (χ2n) is 8.89. The molecular weight excluding hydrogens is 529 g/mol. The van der Waals surface area contributed by atoms with E-state index in [1.807, 2.05) is 0 Å². The largest absolute Gasteiger partial charge is 0.496 e. The highest BCUT2D eigenvalue weighted by Gasteiger charge is 2.29. The number of methoxy groups -OCH3 is 1. The van der Waals surface area contributed by atoms with Gasteiger partial charge in [0.25, 0.3) is 0 Å². The van der Waals surface area contributed by atoms with Crippen LogP contribution in [0.5, 0.6) is 5.75 Å². The molecule has 1 saturated heterocycles. The molecule has 3 rings (SSSR count). The minimum atomic E-state index is 0. The molecule has 8 heteroatoms. The molecule has 2 N–H and O–H groups in total. The number of hydrogen-bond donors (Lipinski definition) is 2. The van der Waals surface area contributed by atoms with Crippen molar-refractivity contribution in [2.24, 2.45) is 10.9 Å². The fourth-order valence-corrected chi connectivity index (χ4v) is 4.61. The first-order valence-electron chi connectivity index (χ1n) is 12.3. The Morgan fingerprint density at radius 1 is 1.15 bits per heavy atom. The van der Waals surface area contributed by atoms with Gasteiger partial charge < -0.3 is 20.3 Å². The molecule has 1 aliphatic carbocycles. The van der Waals surface area contributed by atoms with Crippen molar-refractivity contribution >= 4 is 35.8 Å². The average molecular weight is 572 g/mol. The number of aliphatic imine (C=N–C) groups is 1. The molecule has 0 unspecified atom stereocenters. The molecule has 2 aliphatic rings. The van der Waals surface area contributed by atoms with Gasteiger partial charge in [-0.25, -0.2) is 0 Å². The Bertz CT molecular complexity index is 759. The van der Waals surface area contributed by atoms with Crippen LogP contribution in [0.25, 0.3) is 0 Å². The minimum Gasteiger partial charge on any atom is -0.496 e. The maximum Gasteiger partial charge on any atom is 0.225 e. The second kappa shape index (κ2) is 14.7. The van der Waals surface area contributed by atoms with Crippen molar-refractivity contribution in [3.8, 4) is 5.75 Å². The summed E-state index contributed by atoms with van der Waals surface area (Å²) in [7, 11) is 1.72. The van der Waals surface area contributed by atoms with Crippen molar-refractivity contribution in [3.63, 3.8) is 0 Å². The Kier molecular flexibility index (Phi) is 12.3. The quantitative estimate of drug-likeness (QED) is 0.271. The van der Waals surface area contributed by atoms with Gasteiger partial charge in [0.2, 0.25) is 5.91 Å². The summed E-state index contributed by atoms with van der Waals surface area (Å²) in [5, 5.41) is 6.77. The van der Waals surface area contributed by atoms with Gasteiger partial charge in [0, 0.05) is 51.7 Å². The van der Waals surface area contributed by atoms with E-state index in [-0.39, 0.29) is 24.0 Å². The van der Waals surface area contributed by atoms with Gasteiger partial charge >= 0.3 is 0 Å². The van der Waals surface area contributed by atoms with E-state index in [9.17, 15) is 4.79 Å². The zero-order valence-corrected chi connectivity index (χ0v) is 22.9. The molecule has 1 aromatic carbocycles. The fourth-order valence-electron chi connectivity index (χ4n) is 4.61. The van der Waals surface area contributed by atoms with Crippen LogP contribution in [0.1, 0.15) is 43.7 Å². The van der Waals surface area contributed by atoms with Crippen LogP contribution in [-0.2, 0) is 11.2 Å². The lowest BCUT2D eigenvalue weighted by molar-refractivity contribution is -0.137. The van der Waals surface area contributed by atoms with Gasteiger partial charge in [-0.05, 0) is 50.3 Å². The van der Waals surface area contributed by atoms with Crippen molar-refractivity contribution < 1.29 is 9.53 Å². The lowest BCUT2D eigenvalue weighted by Gasteiger charge is -2.35. The number of guanidine groups is 1. The summed E-state index contributed by atoms with van der Waals surface area (Å²) in [5.74, 6) is 2.49. The van der Waals surface area contributed by atoms with Crippen LogP contribution in [0.3, 0.4) is 0 Å². The van der Waals surface area contributed by atoms with Crippen LogP contribution < -0.4 is 15.4 Å². The van der Waals surface area contributed by atoms with E-state index in [1.165, 1.54) is 18.4 Å². The highest BCUT2D eigenvalue weighted by atomic mass is 127. The van der Waals surface area contributed by atoms with Gasteiger partial charge in [-0.3, -0.25) is 14.7 Å². The van der Waals surface area contributed by atoms with Gasteiger partial charge in [-0.1, -0.05) is 25.0 Å². The number of nitrogens with one attached hydrogen (secondary N) is 2. The molecule has 1 aromatic rings. The van der Waals surface area contributed by atoms with Crippen LogP contribution in [0.4, 0.5) is 0 Å². The van der Waals surface area contributed by atoms with Gasteiger partial charge in [-0.2, -0.15) is 0 Å². The van der Waals surface area contributed by atoms with E-state index in [0.717, 1.165) is 88.9 Å². The highest BCUT2D eigenvalue weighted by Crippen LogP contribution is 2.26. The number of amides is 1. The third-order valence-electron chi connectivity index (χ3n) is 6.60. The van der Waals surface area contributed by atoms with Crippen molar-refractivity contribution in [3.05, 3.63) is 29.3 Å². The lowest BCUT2D eigenvalue weighted by Crippen LogP contribution is -2.50. The van der Waals surface area contributed by atoms with E-state index in [4.69, 9.17) is 9.73 Å². The SMILES string of the molecule is CCNC(=NCCN1CCN(C(=O)C2CCCC2)CC1)NCCc1ccc(C)c(OC)c1.I. The molecule has 1 aliphatic heterocycles. The van der Waals surface area contributed by atoms with Gasteiger partial charge in [-0.15, -0.1) is 24.0 Å². The van der Waals surface area contributed by atoms with Crippen LogP contribution >= 0.6 is 24.0 Å². The number of carbonyl (C=O) groups excluding carboxylic acids is 1. The van der Waals surface area contributed by atoms with Crippen LogP contribution in [0, 0.1) is 12.8 Å². The molecule has 33 heavy (non-hydrogen) atoms. The Morgan fingerprint density at radius 3 is 2.55 bits per heavy atom. The molecule has 0 spiro atoms. The summed E-state index contributed by atoms with van der Waals surface area (Å²) in [6.07, 6.45) is 5.53. The lowest BCUT2D eigenvalue weighted by atomic mass is 10.1. The van der Waals surface area contributed by atoms with Crippen molar-refractivity contribution in [1.82, 2.24) is 20.4 Å². The van der Waals surface area contributed by atoms with Crippen molar-refractivity contribution in [2.75, 3.05) is 59.5 Å². The number of benzene rings is 1. The number of aryl methyl sites for hydroxylation is 1. The molecule has 7 nitrogen and oxygen atoms in total. The molecular formula is C25H42IN5O2. The van der Waals surface area contributed by atoms with Gasteiger partial charge in [0.15, 0.2) is 5.96 Å². The molecule has 0 radical (unpaired) electrons. The molecule has 0 atom stereocenters. The van der Waals surface area contributed by atoms with Crippen molar-refractivity contribution in [2.45, 2.75) is 46.0 Å². The van der Waals surface area contributed by atoms with Gasteiger partial charge in [0.05, 0.1) is 13.7 Å². The Labute approximate surface area is 216 Å². The molecule has 1 heterocycles. The smallest absolute Gasteiger partial charge is 0.225 e. The number of rotatable bonds is 9. The third-order valence-corrected chi connectivity index (χ3v) is 6.60. The van der Waals surface area contributed by atoms with Crippen LogP contribution in [0.15, 0.2) is 23.2 Å². The molecule has 1 saturated carbocycles. The first kappa shape index (κ1) is 27.7. The second-order valence-corrected chi connectivity index (χ2v) is 8.89. The summed E-state index contributed by atoms with van der Waals surface area (Å²) in [6, 6.07) is 6.37. The Balaban J connectivity index is 0.00000385. The van der Waals surface area contributed by atoms with Gasteiger partial charge in [0.1, 0.15) is 5.75 Å². The van der Waals surface area contributed by atoms with E-state index in [0.29, 0.717) is 11.8 Å². The highest BCUT2D eigenvalue weighted by molar-refractivity contribution is 14.0. The molecule has 186 valence electrons. The number of piperazine rings is 1. The zero-order valence-electron chi connectivity index (χ0n) is 20.6. The molecule has 0 aromatic heterocycles. The van der Waals surface area contributed by atoms with Crippen LogP contribution in [0.2, 0.25) is 0 Å². The number of ether oxygens (including phenoxy) is 1. The first-order valence-corrected chi connectivity index (χ1v) is 12.3. The fraction of sp³-hybridized carbons (Fsp3) is 0.680. The van der Waals surface area contributed by atoms with E-state index in [2.05, 4.69) is 52.5 Å². The standard InChI is InChI=1S/C25H41N5O2.HI/c1-4-26-25(27-12-11-21-10-9-20(2)23(19-21)32-3)28-13-14-29-15-17-30(18-16-29)24(31)22-7-5-6-8-22;/h9-10,19,22H,4-8,11-18H2,1-3H3,(H2,26,27,28);1H.